The molecule has 1 fully saturated rings. The number of fused-ring (bicyclic) bond motifs is 1. The van der Waals surface area contributed by atoms with Gasteiger partial charge >= 0.3 is 0 Å². The van der Waals surface area contributed by atoms with Crippen LogP contribution in [0.2, 0.25) is 0 Å². The summed E-state index contributed by atoms with van der Waals surface area (Å²) >= 11 is 0. The van der Waals surface area contributed by atoms with E-state index in [1.54, 1.807) is 37.1 Å². The number of hydrogen-bond acceptors (Lipinski definition) is 5. The second-order valence-corrected chi connectivity index (χ2v) is 6.99. The minimum Gasteiger partial charge on any atom is -0.495 e. The number of ether oxygens (including phenoxy) is 1. The Morgan fingerprint density at radius 1 is 1.25 bits per heavy atom. The molecule has 1 saturated heterocycles. The third-order valence-electron chi connectivity index (χ3n) is 4.88. The average molecular weight is 379 g/mol. The van der Waals surface area contributed by atoms with Crippen LogP contribution in [0.1, 0.15) is 17.9 Å². The monoisotopic (exact) mass is 379 g/mol. The molecule has 1 aliphatic heterocycles. The van der Waals surface area contributed by atoms with E-state index in [9.17, 15) is 9.59 Å². The number of carbonyl (C=O) groups is 2. The number of hydrogen-bond donors (Lipinski definition) is 1. The molecule has 4 rings (SSSR count). The summed E-state index contributed by atoms with van der Waals surface area (Å²) in [5, 5.41) is 2.89. The van der Waals surface area contributed by atoms with Crippen molar-refractivity contribution in [3.63, 3.8) is 0 Å². The molecule has 0 aliphatic carbocycles. The number of rotatable bonds is 4. The van der Waals surface area contributed by atoms with E-state index in [1.165, 1.54) is 0 Å². The van der Waals surface area contributed by atoms with Crippen molar-refractivity contribution in [2.24, 2.45) is 5.92 Å². The van der Waals surface area contributed by atoms with Gasteiger partial charge < -0.3 is 19.4 Å². The molecule has 3 aromatic rings. The Kier molecular flexibility index (Phi) is 4.50. The first kappa shape index (κ1) is 18.0. The van der Waals surface area contributed by atoms with Crippen LogP contribution < -0.4 is 15.0 Å². The average Bonchev–Trinajstić information content (AvgIpc) is 3.23. The molecule has 0 bridgehead atoms. The van der Waals surface area contributed by atoms with E-state index < -0.39 is 5.92 Å². The molecule has 2 aromatic carbocycles. The summed E-state index contributed by atoms with van der Waals surface area (Å²) in [7, 11) is 1.57. The SMILES string of the molecule is COc1ccc(C)cc1N1C[C@H](C(=O)Nc2ccc3oc(C)nc3c2)CC1=O. The van der Waals surface area contributed by atoms with Crippen molar-refractivity contribution in [3.8, 4) is 5.75 Å². The van der Waals surface area contributed by atoms with Crippen LogP contribution >= 0.6 is 0 Å². The molecule has 28 heavy (non-hydrogen) atoms. The number of oxazole rings is 1. The molecule has 0 saturated carbocycles. The van der Waals surface area contributed by atoms with Crippen LogP contribution in [0, 0.1) is 19.8 Å². The molecular weight excluding hydrogens is 358 g/mol. The van der Waals surface area contributed by atoms with Crippen LogP contribution in [0.5, 0.6) is 5.75 Å². The summed E-state index contributed by atoms with van der Waals surface area (Å²) in [5.41, 5.74) is 3.70. The van der Waals surface area contributed by atoms with Gasteiger partial charge in [0.2, 0.25) is 11.8 Å². The molecule has 1 aromatic heterocycles. The molecule has 0 radical (unpaired) electrons. The fourth-order valence-electron chi connectivity index (χ4n) is 3.49. The van der Waals surface area contributed by atoms with Crippen LogP contribution in [0.4, 0.5) is 11.4 Å². The molecule has 2 amide bonds. The highest BCUT2D eigenvalue weighted by molar-refractivity contribution is 6.04. The van der Waals surface area contributed by atoms with Crippen molar-refractivity contribution < 1.29 is 18.7 Å². The zero-order valence-corrected chi connectivity index (χ0v) is 16.0. The van der Waals surface area contributed by atoms with Crippen molar-refractivity contribution in [1.82, 2.24) is 4.98 Å². The summed E-state index contributed by atoms with van der Waals surface area (Å²) in [5.74, 6) is 0.468. The Balaban J connectivity index is 1.51. The van der Waals surface area contributed by atoms with Crippen LogP contribution in [-0.2, 0) is 9.59 Å². The lowest BCUT2D eigenvalue weighted by Gasteiger charge is -2.20. The van der Waals surface area contributed by atoms with Gasteiger partial charge in [0.15, 0.2) is 11.5 Å². The van der Waals surface area contributed by atoms with Crippen molar-refractivity contribution in [2.45, 2.75) is 20.3 Å². The first-order chi connectivity index (χ1) is 13.4. The van der Waals surface area contributed by atoms with E-state index in [1.807, 2.05) is 25.1 Å². The predicted molar refractivity (Wildman–Crippen MR) is 106 cm³/mol. The molecule has 7 nitrogen and oxygen atoms in total. The van der Waals surface area contributed by atoms with E-state index in [0.717, 1.165) is 5.56 Å². The Morgan fingerprint density at radius 3 is 2.86 bits per heavy atom. The van der Waals surface area contributed by atoms with E-state index in [-0.39, 0.29) is 18.2 Å². The lowest BCUT2D eigenvalue weighted by molar-refractivity contribution is -0.122. The molecule has 0 unspecified atom stereocenters. The van der Waals surface area contributed by atoms with Crippen LogP contribution in [0.3, 0.4) is 0 Å². The summed E-state index contributed by atoms with van der Waals surface area (Å²) in [6.45, 7) is 4.04. The second kappa shape index (κ2) is 6.99. The topological polar surface area (TPSA) is 84.7 Å². The molecule has 1 N–H and O–H groups in total. The second-order valence-electron chi connectivity index (χ2n) is 6.99. The fraction of sp³-hybridized carbons (Fsp3) is 0.286. The maximum atomic E-state index is 12.7. The largest absolute Gasteiger partial charge is 0.495 e. The number of benzene rings is 2. The van der Waals surface area contributed by atoms with Gasteiger partial charge in [-0.1, -0.05) is 6.07 Å². The van der Waals surface area contributed by atoms with E-state index in [2.05, 4.69) is 10.3 Å². The number of anilines is 2. The maximum absolute atomic E-state index is 12.7. The van der Waals surface area contributed by atoms with Gasteiger partial charge in [-0.3, -0.25) is 9.59 Å². The minimum absolute atomic E-state index is 0.0911. The number of carbonyl (C=O) groups excluding carboxylic acids is 2. The summed E-state index contributed by atoms with van der Waals surface area (Å²) in [6, 6.07) is 11.0. The minimum atomic E-state index is -0.438. The first-order valence-electron chi connectivity index (χ1n) is 9.07. The molecule has 1 aliphatic rings. The van der Waals surface area contributed by atoms with E-state index in [0.29, 0.717) is 40.7 Å². The quantitative estimate of drug-likeness (QED) is 0.751. The van der Waals surface area contributed by atoms with E-state index in [4.69, 9.17) is 9.15 Å². The molecule has 0 spiro atoms. The molecule has 7 heteroatoms. The van der Waals surface area contributed by atoms with Crippen LogP contribution in [0.15, 0.2) is 40.8 Å². The summed E-state index contributed by atoms with van der Waals surface area (Å²) in [4.78, 5) is 31.2. The number of methoxy groups -OCH3 is 1. The normalized spacial score (nSPS) is 16.6. The standard InChI is InChI=1S/C21H21N3O4/c1-12-4-6-19(27-3)17(8-12)24-11-14(9-20(24)25)21(26)23-15-5-7-18-16(10-15)22-13(2)28-18/h4-8,10,14H,9,11H2,1-3H3,(H,23,26)/t14-/m1/s1. The Bertz CT molecular complexity index is 1070. The molecular formula is C21H21N3O4. The predicted octanol–water partition coefficient (Wildman–Crippen LogP) is 3.44. The number of amides is 2. The fourth-order valence-corrected chi connectivity index (χ4v) is 3.49. The zero-order valence-electron chi connectivity index (χ0n) is 16.0. The third kappa shape index (κ3) is 3.31. The number of aryl methyl sites for hydroxylation is 2. The summed E-state index contributed by atoms with van der Waals surface area (Å²) in [6.07, 6.45) is 0.161. The van der Waals surface area contributed by atoms with Gasteiger partial charge in [-0.05, 0) is 42.8 Å². The lowest BCUT2D eigenvalue weighted by atomic mass is 10.1. The molecule has 1 atom stereocenters. The summed E-state index contributed by atoms with van der Waals surface area (Å²) < 4.78 is 10.8. The Morgan fingerprint density at radius 2 is 2.07 bits per heavy atom. The number of aromatic nitrogens is 1. The zero-order chi connectivity index (χ0) is 19.8. The first-order valence-corrected chi connectivity index (χ1v) is 9.07. The third-order valence-corrected chi connectivity index (χ3v) is 4.88. The van der Waals surface area contributed by atoms with Crippen LogP contribution in [0.25, 0.3) is 11.1 Å². The van der Waals surface area contributed by atoms with Crippen LogP contribution in [-0.4, -0.2) is 30.5 Å². The maximum Gasteiger partial charge on any atom is 0.229 e. The van der Waals surface area contributed by atoms with Gasteiger partial charge in [0, 0.05) is 25.6 Å². The van der Waals surface area contributed by atoms with Gasteiger partial charge in [-0.15, -0.1) is 0 Å². The van der Waals surface area contributed by atoms with Crippen molar-refractivity contribution >= 4 is 34.3 Å². The highest BCUT2D eigenvalue weighted by Crippen LogP contribution is 2.34. The van der Waals surface area contributed by atoms with Gasteiger partial charge in [0.05, 0.1) is 18.7 Å². The van der Waals surface area contributed by atoms with E-state index >= 15 is 0 Å². The smallest absolute Gasteiger partial charge is 0.229 e. The highest BCUT2D eigenvalue weighted by Gasteiger charge is 2.36. The molecule has 144 valence electrons. The number of nitrogens with one attached hydrogen (secondary N) is 1. The Hall–Kier alpha value is -3.35. The van der Waals surface area contributed by atoms with Crippen molar-refractivity contribution in [2.75, 3.05) is 23.9 Å². The highest BCUT2D eigenvalue weighted by atomic mass is 16.5. The Labute approximate surface area is 162 Å². The van der Waals surface area contributed by atoms with Gasteiger partial charge in [-0.25, -0.2) is 4.98 Å². The lowest BCUT2D eigenvalue weighted by Crippen LogP contribution is -2.28. The number of nitrogens with zero attached hydrogens (tertiary/aromatic N) is 2. The van der Waals surface area contributed by atoms with Crippen molar-refractivity contribution in [1.29, 1.82) is 0 Å². The van der Waals surface area contributed by atoms with Gasteiger partial charge in [0.1, 0.15) is 11.3 Å². The molecule has 2 heterocycles. The van der Waals surface area contributed by atoms with Gasteiger partial charge in [0.25, 0.3) is 0 Å². The van der Waals surface area contributed by atoms with Gasteiger partial charge in [-0.2, -0.15) is 0 Å². The van der Waals surface area contributed by atoms with Crippen molar-refractivity contribution in [3.05, 3.63) is 47.9 Å².